The third-order valence-corrected chi connectivity index (χ3v) is 4.93. The predicted molar refractivity (Wildman–Crippen MR) is 104 cm³/mol. The largest absolute Gasteiger partial charge is 0.352 e. The van der Waals surface area contributed by atoms with E-state index >= 15 is 0 Å². The van der Waals surface area contributed by atoms with Crippen LogP contribution in [0.4, 0.5) is 10.5 Å². The van der Waals surface area contributed by atoms with E-state index in [4.69, 9.17) is 0 Å². The zero-order valence-corrected chi connectivity index (χ0v) is 15.8. The van der Waals surface area contributed by atoms with Gasteiger partial charge in [0.2, 0.25) is 5.91 Å². The Morgan fingerprint density at radius 2 is 2.00 bits per heavy atom. The number of piperidine rings is 1. The van der Waals surface area contributed by atoms with Gasteiger partial charge in [-0.15, -0.1) is 0 Å². The molecule has 1 saturated carbocycles. The number of nitrogens with one attached hydrogen (secondary N) is 3. The van der Waals surface area contributed by atoms with E-state index in [9.17, 15) is 14.4 Å². The normalized spacial score (nSPS) is 19.3. The molecule has 4 amide bonds. The maximum Gasteiger partial charge on any atom is 0.319 e. The van der Waals surface area contributed by atoms with E-state index in [0.717, 1.165) is 32.4 Å². The highest BCUT2D eigenvalue weighted by Crippen LogP contribution is 2.19. The molecule has 2 fully saturated rings. The molecule has 27 heavy (non-hydrogen) atoms. The molecule has 1 aromatic rings. The summed E-state index contributed by atoms with van der Waals surface area (Å²) in [6.45, 7) is 4.09. The Balaban J connectivity index is 1.44. The van der Waals surface area contributed by atoms with E-state index in [1.54, 1.807) is 24.3 Å². The van der Waals surface area contributed by atoms with Crippen LogP contribution in [0.5, 0.6) is 0 Å². The smallest absolute Gasteiger partial charge is 0.319 e. The van der Waals surface area contributed by atoms with Crippen molar-refractivity contribution in [2.75, 3.05) is 25.0 Å². The van der Waals surface area contributed by atoms with Crippen LogP contribution in [0.1, 0.15) is 49.4 Å². The summed E-state index contributed by atoms with van der Waals surface area (Å²) >= 11 is 0. The molecule has 2 aliphatic rings. The van der Waals surface area contributed by atoms with Crippen LogP contribution in [-0.2, 0) is 4.79 Å². The Kier molecular flexibility index (Phi) is 6.32. The highest BCUT2D eigenvalue weighted by molar-refractivity contribution is 5.97. The fourth-order valence-electron chi connectivity index (χ4n) is 3.28. The van der Waals surface area contributed by atoms with Crippen LogP contribution >= 0.6 is 0 Å². The number of amides is 4. The minimum atomic E-state index is -0.253. The topological polar surface area (TPSA) is 90.5 Å². The molecule has 1 saturated heterocycles. The average Bonchev–Trinajstić information content (AvgIpc) is 3.45. The second-order valence-corrected chi connectivity index (χ2v) is 7.55. The van der Waals surface area contributed by atoms with E-state index < -0.39 is 0 Å². The van der Waals surface area contributed by atoms with Gasteiger partial charge in [-0.3, -0.25) is 9.59 Å². The molecule has 0 bridgehead atoms. The summed E-state index contributed by atoms with van der Waals surface area (Å²) in [5.74, 6) is 0.389. The standard InChI is InChI=1S/C20H28N4O3/c1-14-4-3-11-24(13-14)18(25)9-10-21-19(26)15-5-2-6-17(12-15)23-20(27)22-16-7-8-16/h2,5-6,12,14,16H,3-4,7-11,13H2,1H3,(H,21,26)(H2,22,23,27). The van der Waals surface area contributed by atoms with Gasteiger partial charge < -0.3 is 20.9 Å². The third kappa shape index (κ3) is 5.98. The van der Waals surface area contributed by atoms with Crippen molar-refractivity contribution in [1.29, 1.82) is 0 Å². The lowest BCUT2D eigenvalue weighted by atomic mass is 10.00. The maximum absolute atomic E-state index is 12.3. The molecule has 0 radical (unpaired) electrons. The van der Waals surface area contributed by atoms with Crippen molar-refractivity contribution in [1.82, 2.24) is 15.5 Å². The Labute approximate surface area is 159 Å². The maximum atomic E-state index is 12.3. The molecule has 1 aliphatic carbocycles. The van der Waals surface area contributed by atoms with Crippen LogP contribution < -0.4 is 16.0 Å². The molecule has 1 heterocycles. The number of carbonyl (C=O) groups excluding carboxylic acids is 3. The van der Waals surface area contributed by atoms with Crippen molar-refractivity contribution >= 4 is 23.5 Å². The summed E-state index contributed by atoms with van der Waals surface area (Å²) in [6, 6.07) is 6.81. The zero-order valence-electron chi connectivity index (χ0n) is 15.8. The molecule has 1 unspecified atom stereocenters. The van der Waals surface area contributed by atoms with E-state index in [2.05, 4.69) is 22.9 Å². The van der Waals surface area contributed by atoms with Crippen LogP contribution in [0.2, 0.25) is 0 Å². The SMILES string of the molecule is CC1CCCN(C(=O)CCNC(=O)c2cccc(NC(=O)NC3CC3)c2)C1. The molecule has 0 spiro atoms. The number of nitrogens with zero attached hydrogens (tertiary/aromatic N) is 1. The lowest BCUT2D eigenvalue weighted by Gasteiger charge is -2.31. The second kappa shape index (κ2) is 8.88. The van der Waals surface area contributed by atoms with E-state index in [1.807, 2.05) is 4.90 Å². The molecule has 1 atom stereocenters. The summed E-state index contributed by atoms with van der Waals surface area (Å²) in [5, 5.41) is 8.37. The number of anilines is 1. The first-order valence-electron chi connectivity index (χ1n) is 9.75. The first-order chi connectivity index (χ1) is 13.0. The fraction of sp³-hybridized carbons (Fsp3) is 0.550. The number of hydrogen-bond donors (Lipinski definition) is 3. The zero-order chi connectivity index (χ0) is 19.2. The summed E-state index contributed by atoms with van der Waals surface area (Å²) in [4.78, 5) is 38.3. The van der Waals surface area contributed by atoms with Gasteiger partial charge in [-0.25, -0.2) is 4.79 Å². The summed E-state index contributed by atoms with van der Waals surface area (Å²) < 4.78 is 0. The number of benzene rings is 1. The quantitative estimate of drug-likeness (QED) is 0.716. The molecule has 7 heteroatoms. The molecular weight excluding hydrogens is 344 g/mol. The van der Waals surface area contributed by atoms with Crippen LogP contribution in [-0.4, -0.2) is 48.4 Å². The first kappa shape index (κ1) is 19.2. The summed E-state index contributed by atoms with van der Waals surface area (Å²) in [7, 11) is 0. The highest BCUT2D eigenvalue weighted by atomic mass is 16.2. The van der Waals surface area contributed by atoms with Crippen LogP contribution in [0.25, 0.3) is 0 Å². The molecule has 3 N–H and O–H groups in total. The number of likely N-dealkylation sites (tertiary alicyclic amines) is 1. The van der Waals surface area contributed by atoms with Crippen LogP contribution in [0, 0.1) is 5.92 Å². The van der Waals surface area contributed by atoms with E-state index in [1.165, 1.54) is 6.42 Å². The van der Waals surface area contributed by atoms with Crippen molar-refractivity contribution in [3.63, 3.8) is 0 Å². The summed E-state index contributed by atoms with van der Waals surface area (Å²) in [5.41, 5.74) is 1.03. The molecule has 1 aliphatic heterocycles. The minimum Gasteiger partial charge on any atom is -0.352 e. The van der Waals surface area contributed by atoms with Crippen molar-refractivity contribution in [3.8, 4) is 0 Å². The van der Waals surface area contributed by atoms with Crippen molar-refractivity contribution in [3.05, 3.63) is 29.8 Å². The van der Waals surface area contributed by atoms with Gasteiger partial charge in [-0.1, -0.05) is 13.0 Å². The second-order valence-electron chi connectivity index (χ2n) is 7.55. The van der Waals surface area contributed by atoms with Gasteiger partial charge in [-0.2, -0.15) is 0 Å². The molecular formula is C20H28N4O3. The van der Waals surface area contributed by atoms with Gasteiger partial charge in [0, 0.05) is 43.3 Å². The highest BCUT2D eigenvalue weighted by Gasteiger charge is 2.23. The van der Waals surface area contributed by atoms with Crippen molar-refractivity contribution < 1.29 is 14.4 Å². The van der Waals surface area contributed by atoms with Gasteiger partial charge >= 0.3 is 6.03 Å². The van der Waals surface area contributed by atoms with Gasteiger partial charge in [-0.05, 0) is 49.8 Å². The Morgan fingerprint density at radius 3 is 2.74 bits per heavy atom. The lowest BCUT2D eigenvalue weighted by molar-refractivity contribution is -0.132. The minimum absolute atomic E-state index is 0.0917. The molecule has 146 valence electrons. The van der Waals surface area contributed by atoms with Crippen molar-refractivity contribution in [2.45, 2.75) is 45.1 Å². The predicted octanol–water partition coefficient (Wildman–Crippen LogP) is 2.35. The number of hydrogen-bond acceptors (Lipinski definition) is 3. The van der Waals surface area contributed by atoms with E-state index in [0.29, 0.717) is 30.1 Å². The van der Waals surface area contributed by atoms with Gasteiger partial charge in [0.25, 0.3) is 5.91 Å². The molecule has 0 aromatic heterocycles. The molecule has 1 aromatic carbocycles. The number of rotatable bonds is 6. The molecule has 7 nitrogen and oxygen atoms in total. The van der Waals surface area contributed by atoms with Gasteiger partial charge in [0.1, 0.15) is 0 Å². The number of urea groups is 1. The number of carbonyl (C=O) groups is 3. The van der Waals surface area contributed by atoms with Gasteiger partial charge in [0.05, 0.1) is 0 Å². The fourth-order valence-corrected chi connectivity index (χ4v) is 3.28. The Hall–Kier alpha value is -2.57. The summed E-state index contributed by atoms with van der Waals surface area (Å²) in [6.07, 6.45) is 4.56. The van der Waals surface area contributed by atoms with E-state index in [-0.39, 0.29) is 23.9 Å². The Morgan fingerprint density at radius 1 is 1.19 bits per heavy atom. The Bertz CT molecular complexity index is 702. The third-order valence-electron chi connectivity index (χ3n) is 4.93. The first-order valence-corrected chi connectivity index (χ1v) is 9.75. The van der Waals surface area contributed by atoms with Gasteiger partial charge in [0.15, 0.2) is 0 Å². The van der Waals surface area contributed by atoms with Crippen LogP contribution in [0.15, 0.2) is 24.3 Å². The average molecular weight is 372 g/mol. The lowest BCUT2D eigenvalue weighted by Crippen LogP contribution is -2.40. The van der Waals surface area contributed by atoms with Crippen LogP contribution in [0.3, 0.4) is 0 Å². The monoisotopic (exact) mass is 372 g/mol. The van der Waals surface area contributed by atoms with Crippen molar-refractivity contribution in [2.24, 2.45) is 5.92 Å². The molecule has 3 rings (SSSR count).